The van der Waals surface area contributed by atoms with Crippen molar-refractivity contribution in [3.05, 3.63) is 81.5 Å². The van der Waals surface area contributed by atoms with Gasteiger partial charge in [0.25, 0.3) is 10.1 Å². The lowest BCUT2D eigenvalue weighted by Crippen LogP contribution is -2.26. The standard InChI is InChI=1S/C38H64O3S/c1-12-27-42(39,40)41-38(29-36(11)24-15-19-32(6)7)37(28-35(10)23-14-18-31(4)5)26-25-34(9)22-16-21-33(8)20-13-17-30(2)3/h17-19,21,25,28-29,37-38H,12-16,20,22-24,26-27H2,1-11H3/b33-21?,34-25?,35-28+,36-29+. The SMILES string of the molecule is CCCS(=O)(=O)OC(/C=C(\C)CCC=C(C)C)C(/C=C(\C)CCC=C(C)C)CC=C(C)CCC=C(C)CCC=C(C)C. The van der Waals surface area contributed by atoms with E-state index in [1.807, 2.05) is 6.92 Å². The van der Waals surface area contributed by atoms with Gasteiger partial charge in [-0.15, -0.1) is 0 Å². The molecule has 0 amide bonds. The molecule has 0 aromatic rings. The maximum absolute atomic E-state index is 12.9. The molecule has 240 valence electrons. The van der Waals surface area contributed by atoms with Crippen LogP contribution in [0.15, 0.2) is 81.5 Å². The van der Waals surface area contributed by atoms with Crippen LogP contribution in [0, 0.1) is 5.92 Å². The van der Waals surface area contributed by atoms with Gasteiger partial charge in [-0.3, -0.25) is 4.18 Å². The summed E-state index contributed by atoms with van der Waals surface area (Å²) < 4.78 is 31.8. The van der Waals surface area contributed by atoms with E-state index in [4.69, 9.17) is 4.18 Å². The van der Waals surface area contributed by atoms with Crippen molar-refractivity contribution in [2.45, 2.75) is 146 Å². The molecule has 0 aliphatic heterocycles. The zero-order valence-electron chi connectivity index (χ0n) is 29.1. The summed E-state index contributed by atoms with van der Waals surface area (Å²) in [5.41, 5.74) is 9.21. The van der Waals surface area contributed by atoms with E-state index in [9.17, 15) is 8.42 Å². The van der Waals surface area contributed by atoms with E-state index in [0.717, 1.165) is 57.8 Å². The number of hydrogen-bond donors (Lipinski definition) is 0. The molecule has 0 radical (unpaired) electrons. The smallest absolute Gasteiger partial charge is 0.262 e. The molecule has 2 atom stereocenters. The molecule has 0 fully saturated rings. The fourth-order valence-corrected chi connectivity index (χ4v) is 5.79. The van der Waals surface area contributed by atoms with Gasteiger partial charge in [0.15, 0.2) is 0 Å². The van der Waals surface area contributed by atoms with E-state index in [-0.39, 0.29) is 11.7 Å². The molecule has 4 heteroatoms. The van der Waals surface area contributed by atoms with Crippen LogP contribution in [0.2, 0.25) is 0 Å². The Labute approximate surface area is 261 Å². The predicted octanol–water partition coefficient (Wildman–Crippen LogP) is 11.9. The van der Waals surface area contributed by atoms with Gasteiger partial charge in [-0.2, -0.15) is 8.42 Å². The number of rotatable bonds is 21. The summed E-state index contributed by atoms with van der Waals surface area (Å²) in [7, 11) is -3.62. The normalized spacial score (nSPS) is 14.8. The zero-order chi connectivity index (χ0) is 32.1. The molecule has 0 rings (SSSR count). The van der Waals surface area contributed by atoms with Crippen LogP contribution in [0.4, 0.5) is 0 Å². The first kappa shape index (κ1) is 40.1. The Morgan fingerprint density at radius 2 is 0.976 bits per heavy atom. The number of hydrogen-bond acceptors (Lipinski definition) is 3. The zero-order valence-corrected chi connectivity index (χ0v) is 29.9. The van der Waals surface area contributed by atoms with Crippen LogP contribution >= 0.6 is 0 Å². The van der Waals surface area contributed by atoms with E-state index >= 15 is 0 Å². The van der Waals surface area contributed by atoms with Crippen LogP contribution in [0.1, 0.15) is 140 Å². The highest BCUT2D eigenvalue weighted by atomic mass is 32.2. The van der Waals surface area contributed by atoms with Gasteiger partial charge in [0.2, 0.25) is 0 Å². The van der Waals surface area contributed by atoms with Crippen molar-refractivity contribution in [2.75, 3.05) is 5.75 Å². The largest absolute Gasteiger partial charge is 0.267 e. The fraction of sp³-hybridized carbons (Fsp3) is 0.632. The van der Waals surface area contributed by atoms with Gasteiger partial charge in [-0.05, 0) is 133 Å². The summed E-state index contributed by atoms with van der Waals surface area (Å²) in [5, 5.41) is 0. The topological polar surface area (TPSA) is 43.4 Å². The average Bonchev–Trinajstić information content (AvgIpc) is 2.85. The summed E-state index contributed by atoms with van der Waals surface area (Å²) in [6.07, 6.45) is 24.6. The monoisotopic (exact) mass is 600 g/mol. The van der Waals surface area contributed by atoms with Crippen molar-refractivity contribution in [3.63, 3.8) is 0 Å². The lowest BCUT2D eigenvalue weighted by Gasteiger charge is -2.23. The Morgan fingerprint density at radius 3 is 1.43 bits per heavy atom. The first-order valence-corrected chi connectivity index (χ1v) is 17.7. The van der Waals surface area contributed by atoms with Gasteiger partial charge in [-0.1, -0.05) is 88.5 Å². The van der Waals surface area contributed by atoms with Crippen molar-refractivity contribution >= 4 is 10.1 Å². The van der Waals surface area contributed by atoms with Gasteiger partial charge < -0.3 is 0 Å². The minimum absolute atomic E-state index is 0.0400. The Bertz CT molecular complexity index is 1090. The van der Waals surface area contributed by atoms with E-state index in [2.05, 4.69) is 112 Å². The maximum atomic E-state index is 12.9. The third kappa shape index (κ3) is 22.7. The van der Waals surface area contributed by atoms with E-state index in [1.165, 1.54) is 39.0 Å². The highest BCUT2D eigenvalue weighted by Gasteiger charge is 2.24. The second-order valence-electron chi connectivity index (χ2n) is 12.8. The van der Waals surface area contributed by atoms with E-state index in [1.54, 1.807) is 0 Å². The molecule has 0 spiro atoms. The molecule has 0 aromatic carbocycles. The van der Waals surface area contributed by atoms with Crippen LogP contribution in [-0.2, 0) is 14.3 Å². The van der Waals surface area contributed by atoms with Crippen molar-refractivity contribution in [1.82, 2.24) is 0 Å². The first-order chi connectivity index (χ1) is 19.6. The molecule has 0 saturated heterocycles. The average molecular weight is 601 g/mol. The highest BCUT2D eigenvalue weighted by Crippen LogP contribution is 2.26. The predicted molar refractivity (Wildman–Crippen MR) is 187 cm³/mol. The Hall–Kier alpha value is -1.91. The molecule has 2 unspecified atom stereocenters. The summed E-state index contributed by atoms with van der Waals surface area (Å²) >= 11 is 0. The van der Waals surface area contributed by atoms with Crippen LogP contribution in [-0.4, -0.2) is 20.3 Å². The Kier molecular flexibility index (Phi) is 21.6. The van der Waals surface area contributed by atoms with Gasteiger partial charge in [-0.25, -0.2) is 0 Å². The van der Waals surface area contributed by atoms with Crippen molar-refractivity contribution in [1.29, 1.82) is 0 Å². The minimum atomic E-state index is -3.62. The highest BCUT2D eigenvalue weighted by molar-refractivity contribution is 7.86. The van der Waals surface area contributed by atoms with E-state index < -0.39 is 16.2 Å². The second-order valence-corrected chi connectivity index (χ2v) is 14.6. The second kappa shape index (κ2) is 22.6. The lowest BCUT2D eigenvalue weighted by molar-refractivity contribution is 0.208. The maximum Gasteiger partial charge on any atom is 0.267 e. The Balaban J connectivity index is 6.07. The molecule has 0 saturated carbocycles. The molecule has 42 heavy (non-hydrogen) atoms. The minimum Gasteiger partial charge on any atom is -0.262 e. The van der Waals surface area contributed by atoms with Gasteiger partial charge in [0.1, 0.15) is 6.10 Å². The van der Waals surface area contributed by atoms with E-state index in [0.29, 0.717) is 6.42 Å². The quantitative estimate of drug-likeness (QED) is 0.0972. The van der Waals surface area contributed by atoms with Crippen molar-refractivity contribution < 1.29 is 12.6 Å². The summed E-state index contributed by atoms with van der Waals surface area (Å²) in [4.78, 5) is 0. The third-order valence-electron chi connectivity index (χ3n) is 7.12. The summed E-state index contributed by atoms with van der Waals surface area (Å²) in [5.74, 6) is -0.0174. The molecule has 0 N–H and O–H groups in total. The van der Waals surface area contributed by atoms with Crippen LogP contribution in [0.5, 0.6) is 0 Å². The summed E-state index contributed by atoms with van der Waals surface area (Å²) in [6.45, 7) is 23.3. The van der Waals surface area contributed by atoms with Crippen LogP contribution in [0.3, 0.4) is 0 Å². The molecule has 0 aliphatic carbocycles. The lowest BCUT2D eigenvalue weighted by atomic mass is 9.91. The fourth-order valence-electron chi connectivity index (χ4n) is 4.65. The third-order valence-corrected chi connectivity index (χ3v) is 8.55. The molecule has 0 heterocycles. The first-order valence-electron chi connectivity index (χ1n) is 16.1. The van der Waals surface area contributed by atoms with Gasteiger partial charge >= 0.3 is 0 Å². The van der Waals surface area contributed by atoms with Crippen molar-refractivity contribution in [3.8, 4) is 0 Å². The number of allylic oxidation sites excluding steroid dienone is 12. The molecular weight excluding hydrogens is 536 g/mol. The Morgan fingerprint density at radius 1 is 0.571 bits per heavy atom. The summed E-state index contributed by atoms with van der Waals surface area (Å²) in [6, 6.07) is 0. The molecule has 0 aliphatic rings. The molecule has 3 nitrogen and oxygen atoms in total. The van der Waals surface area contributed by atoms with Crippen molar-refractivity contribution in [2.24, 2.45) is 5.92 Å². The molecule has 0 aromatic heterocycles. The van der Waals surface area contributed by atoms with Gasteiger partial charge in [0.05, 0.1) is 5.75 Å². The molecular formula is C38H64O3S. The van der Waals surface area contributed by atoms with Crippen LogP contribution < -0.4 is 0 Å². The van der Waals surface area contributed by atoms with Gasteiger partial charge in [0, 0.05) is 5.92 Å². The molecule has 0 bridgehead atoms. The van der Waals surface area contributed by atoms with Crippen LogP contribution in [0.25, 0.3) is 0 Å².